The molecule has 0 radical (unpaired) electrons. The summed E-state index contributed by atoms with van der Waals surface area (Å²) < 4.78 is 2.39. The summed E-state index contributed by atoms with van der Waals surface area (Å²) in [4.78, 5) is 0. The molecule has 8 aromatic carbocycles. The number of hydrogen-bond acceptors (Lipinski definition) is 0. The van der Waals surface area contributed by atoms with E-state index < -0.39 is 0 Å². The van der Waals surface area contributed by atoms with Gasteiger partial charge in [-0.2, -0.15) is 0 Å². The first-order valence-corrected chi connectivity index (χ1v) is 16.8. The quantitative estimate of drug-likeness (QED) is 0.169. The maximum Gasteiger partial charge on any atom is 0.0541 e. The van der Waals surface area contributed by atoms with E-state index in [0.29, 0.717) is 5.92 Å². The molecule has 0 fully saturated rings. The molecule has 0 aliphatic heterocycles. The van der Waals surface area contributed by atoms with Crippen LogP contribution < -0.4 is 0 Å². The van der Waals surface area contributed by atoms with Gasteiger partial charge in [0.25, 0.3) is 0 Å². The number of rotatable bonds is 5. The third-order valence-electron chi connectivity index (χ3n) is 10.3. The Morgan fingerprint density at radius 2 is 0.896 bits per heavy atom. The van der Waals surface area contributed by atoms with Crippen LogP contribution in [0.2, 0.25) is 0 Å². The van der Waals surface area contributed by atoms with Crippen molar-refractivity contribution in [2.45, 2.75) is 33.6 Å². The Morgan fingerprint density at radius 1 is 0.458 bits per heavy atom. The zero-order valence-corrected chi connectivity index (χ0v) is 26.7. The lowest BCUT2D eigenvalue weighted by atomic mass is 9.85. The Hall–Kier alpha value is -5.66. The summed E-state index contributed by atoms with van der Waals surface area (Å²) in [5, 5.41) is 10.3. The van der Waals surface area contributed by atoms with E-state index in [1.54, 1.807) is 0 Å². The highest BCUT2D eigenvalue weighted by Gasteiger charge is 2.18. The molecule has 0 saturated carbocycles. The van der Waals surface area contributed by atoms with Crippen LogP contribution in [0.5, 0.6) is 0 Å². The van der Waals surface area contributed by atoms with E-state index in [0.717, 1.165) is 6.42 Å². The maximum atomic E-state index is 2.39. The monoisotopic (exact) mass is 617 g/mol. The lowest BCUT2D eigenvalue weighted by Crippen LogP contribution is -1.94. The third kappa shape index (κ3) is 4.61. The minimum Gasteiger partial charge on any atom is -0.309 e. The number of nitrogens with zero attached hydrogens (tertiary/aromatic N) is 1. The van der Waals surface area contributed by atoms with Crippen LogP contribution in [-0.2, 0) is 0 Å². The molecule has 1 atom stereocenters. The number of aromatic nitrogens is 1. The molecule has 0 spiro atoms. The van der Waals surface area contributed by atoms with Crippen molar-refractivity contribution in [3.63, 3.8) is 0 Å². The summed E-state index contributed by atoms with van der Waals surface area (Å²) in [5.41, 5.74) is 10.1. The van der Waals surface area contributed by atoms with E-state index in [1.807, 2.05) is 0 Å². The highest BCUT2D eigenvalue weighted by atomic mass is 15.0. The molecule has 1 unspecified atom stereocenters. The van der Waals surface area contributed by atoms with Crippen molar-refractivity contribution in [3.05, 3.63) is 163 Å². The fourth-order valence-electron chi connectivity index (χ4n) is 7.69. The van der Waals surface area contributed by atoms with Gasteiger partial charge in [-0.05, 0) is 103 Å². The molecule has 0 amide bonds. The Bertz CT molecular complexity index is 2510. The van der Waals surface area contributed by atoms with Gasteiger partial charge in [0, 0.05) is 16.5 Å². The van der Waals surface area contributed by atoms with Crippen LogP contribution in [0.15, 0.2) is 158 Å². The van der Waals surface area contributed by atoms with Crippen LogP contribution in [0.3, 0.4) is 0 Å². The molecule has 232 valence electrons. The fraction of sp³-hybridized carbons (Fsp3) is 0.106. The van der Waals surface area contributed by atoms with Crippen molar-refractivity contribution in [1.29, 1.82) is 0 Å². The van der Waals surface area contributed by atoms with Gasteiger partial charge >= 0.3 is 0 Å². The average molecular weight is 618 g/mol. The average Bonchev–Trinajstić information content (AvgIpc) is 3.47. The summed E-state index contributed by atoms with van der Waals surface area (Å²) in [7, 11) is 0. The van der Waals surface area contributed by atoms with E-state index in [4.69, 9.17) is 0 Å². The third-order valence-corrected chi connectivity index (χ3v) is 10.3. The molecule has 0 aliphatic carbocycles. The molecule has 0 N–H and O–H groups in total. The second-order valence-corrected chi connectivity index (χ2v) is 12.9. The Morgan fingerprint density at radius 3 is 1.44 bits per heavy atom. The minimum absolute atomic E-state index is 0. The Labute approximate surface area is 282 Å². The number of hydrogen-bond donors (Lipinski definition) is 0. The molecule has 0 aliphatic rings. The molecule has 9 rings (SSSR count). The zero-order chi connectivity index (χ0) is 31.5. The van der Waals surface area contributed by atoms with Crippen LogP contribution in [0.1, 0.15) is 39.2 Å². The lowest BCUT2D eigenvalue weighted by molar-refractivity contribution is 0.735. The topological polar surface area (TPSA) is 4.93 Å². The van der Waals surface area contributed by atoms with Gasteiger partial charge in [-0.15, -0.1) is 0 Å². The second kappa shape index (κ2) is 11.9. The van der Waals surface area contributed by atoms with Crippen LogP contribution in [0, 0.1) is 0 Å². The Kier molecular flexibility index (Phi) is 7.34. The van der Waals surface area contributed by atoms with Crippen LogP contribution >= 0.6 is 0 Å². The summed E-state index contributed by atoms with van der Waals surface area (Å²) in [6, 6.07) is 58.4. The van der Waals surface area contributed by atoms with E-state index >= 15 is 0 Å². The summed E-state index contributed by atoms with van der Waals surface area (Å²) in [6.07, 6.45) is 1.15. The first-order valence-electron chi connectivity index (χ1n) is 16.8. The highest BCUT2D eigenvalue weighted by Crippen LogP contribution is 2.44. The maximum absolute atomic E-state index is 2.39. The van der Waals surface area contributed by atoms with Crippen molar-refractivity contribution < 1.29 is 0 Å². The molecule has 0 bridgehead atoms. The van der Waals surface area contributed by atoms with Crippen molar-refractivity contribution in [1.82, 2.24) is 4.57 Å². The smallest absolute Gasteiger partial charge is 0.0541 e. The SMILES string of the molecule is C.CCC(C)c1ccc2cc(-c3c4ccccc4c(-c4ccc(-n5c6ccccc6c6ccccc65)cc4)c4ccccc34)ccc2c1. The van der Waals surface area contributed by atoms with Gasteiger partial charge in [0.15, 0.2) is 0 Å². The van der Waals surface area contributed by atoms with Crippen LogP contribution in [-0.4, -0.2) is 4.57 Å². The molecule has 9 aromatic rings. The molecule has 1 nitrogen and oxygen atoms in total. The molecule has 1 heteroatoms. The molecule has 0 saturated heterocycles. The van der Waals surface area contributed by atoms with E-state index in [1.165, 1.54) is 87.6 Å². The van der Waals surface area contributed by atoms with E-state index in [9.17, 15) is 0 Å². The molecular formula is C47H39N. The number of benzene rings is 8. The zero-order valence-electron chi connectivity index (χ0n) is 26.7. The lowest BCUT2D eigenvalue weighted by Gasteiger charge is -2.18. The predicted octanol–water partition coefficient (Wildman–Crippen LogP) is 13.7. The van der Waals surface area contributed by atoms with Crippen molar-refractivity contribution in [2.75, 3.05) is 0 Å². The molecule has 1 aromatic heterocycles. The van der Waals surface area contributed by atoms with E-state index in [2.05, 4.69) is 176 Å². The van der Waals surface area contributed by atoms with Gasteiger partial charge < -0.3 is 4.57 Å². The van der Waals surface area contributed by atoms with Crippen molar-refractivity contribution in [3.8, 4) is 27.9 Å². The summed E-state index contributed by atoms with van der Waals surface area (Å²) >= 11 is 0. The van der Waals surface area contributed by atoms with Gasteiger partial charge in [0.05, 0.1) is 11.0 Å². The van der Waals surface area contributed by atoms with Gasteiger partial charge in [0.1, 0.15) is 0 Å². The summed E-state index contributed by atoms with van der Waals surface area (Å²) in [5.74, 6) is 0.565. The fourth-order valence-corrected chi connectivity index (χ4v) is 7.69. The molecular weight excluding hydrogens is 579 g/mol. The number of para-hydroxylation sites is 2. The van der Waals surface area contributed by atoms with Crippen LogP contribution in [0.4, 0.5) is 0 Å². The van der Waals surface area contributed by atoms with Gasteiger partial charge in [0.2, 0.25) is 0 Å². The number of fused-ring (bicyclic) bond motifs is 6. The first kappa shape index (κ1) is 29.7. The van der Waals surface area contributed by atoms with E-state index in [-0.39, 0.29) is 7.43 Å². The molecule has 48 heavy (non-hydrogen) atoms. The standard InChI is InChI=1S/C46H35N.CH4/c1-3-30(2)32-20-21-34-29-35(23-22-33(34)28-32)46-41-16-6-4-14-39(41)45(40-15-5-7-17-42(40)46)31-24-26-36(27-25-31)47-43-18-10-8-12-37(43)38-13-9-11-19-44(38)47;/h4-30H,3H2,1-2H3;1H4. The molecule has 1 heterocycles. The Balaban J connectivity index is 0.00000336. The van der Waals surface area contributed by atoms with Crippen molar-refractivity contribution in [2.24, 2.45) is 0 Å². The second-order valence-electron chi connectivity index (χ2n) is 12.9. The summed E-state index contributed by atoms with van der Waals surface area (Å²) in [6.45, 7) is 4.57. The van der Waals surface area contributed by atoms with Gasteiger partial charge in [-0.3, -0.25) is 0 Å². The van der Waals surface area contributed by atoms with Crippen molar-refractivity contribution >= 4 is 54.1 Å². The van der Waals surface area contributed by atoms with Gasteiger partial charge in [-0.1, -0.05) is 149 Å². The highest BCUT2D eigenvalue weighted by molar-refractivity contribution is 6.21. The van der Waals surface area contributed by atoms with Gasteiger partial charge in [-0.25, -0.2) is 0 Å². The largest absolute Gasteiger partial charge is 0.309 e. The predicted molar refractivity (Wildman–Crippen MR) is 210 cm³/mol. The first-order chi connectivity index (χ1) is 23.2. The minimum atomic E-state index is 0. The normalized spacial score (nSPS) is 12.2. The van der Waals surface area contributed by atoms with Crippen LogP contribution in [0.25, 0.3) is 82.1 Å².